The van der Waals surface area contributed by atoms with Gasteiger partial charge in [0, 0.05) is 0 Å². The average molecular weight is 122 g/mol. The molecule has 0 rings (SSSR count). The molecule has 0 N–H and O–H groups in total. The van der Waals surface area contributed by atoms with Gasteiger partial charge in [-0.1, -0.05) is 13.3 Å². The monoisotopic (exact) mass is 122 g/mol. The summed E-state index contributed by atoms with van der Waals surface area (Å²) in [5, 5.41) is 0. The zero-order valence-corrected chi connectivity index (χ0v) is 5.43. The third-order valence-electron chi connectivity index (χ3n) is 0.719. The molecule has 0 spiro atoms. The molecule has 0 saturated heterocycles. The molecule has 0 aromatic heterocycles. The lowest BCUT2D eigenvalue weighted by Crippen LogP contribution is -1.75. The van der Waals surface area contributed by atoms with Crippen LogP contribution in [0.15, 0.2) is 0 Å². The van der Waals surface area contributed by atoms with Crippen molar-refractivity contribution >= 4 is 11.8 Å². The summed E-state index contributed by atoms with van der Waals surface area (Å²) in [6.07, 6.45) is 2.32. The number of halogens is 1. The number of thioether (sulfide) groups is 1. The minimum atomic E-state index is -0.222. The molecule has 44 valence electrons. The van der Waals surface area contributed by atoms with Gasteiger partial charge >= 0.3 is 0 Å². The Bertz CT molecular complexity index is 27.3. The number of unbranched alkanes of at least 4 members (excludes halogenated alkanes) is 1. The third kappa shape index (κ3) is 6.28. The van der Waals surface area contributed by atoms with Crippen molar-refractivity contribution in [1.29, 1.82) is 0 Å². The van der Waals surface area contributed by atoms with E-state index in [9.17, 15) is 4.39 Å². The summed E-state index contributed by atoms with van der Waals surface area (Å²) in [4.78, 5) is 0. The van der Waals surface area contributed by atoms with E-state index in [0.717, 1.165) is 12.2 Å². The van der Waals surface area contributed by atoms with Gasteiger partial charge in [0.15, 0.2) is 0 Å². The van der Waals surface area contributed by atoms with Crippen LogP contribution in [0.5, 0.6) is 0 Å². The number of hydrogen-bond donors (Lipinski definition) is 0. The van der Waals surface area contributed by atoms with E-state index in [-0.39, 0.29) is 6.01 Å². The first kappa shape index (κ1) is 7.28. The van der Waals surface area contributed by atoms with Gasteiger partial charge in [-0.2, -0.15) is 0 Å². The summed E-state index contributed by atoms with van der Waals surface area (Å²) in [5.41, 5.74) is 0. The lowest BCUT2D eigenvalue weighted by atomic mass is 10.4. The van der Waals surface area contributed by atoms with Crippen LogP contribution < -0.4 is 0 Å². The molecule has 0 aliphatic heterocycles. The van der Waals surface area contributed by atoms with E-state index >= 15 is 0 Å². The standard InChI is InChI=1S/C5H11FS/c1-2-3-4-7-5-6/h2-5H2,1H3. The Morgan fingerprint density at radius 3 is 2.71 bits per heavy atom. The fourth-order valence-electron chi connectivity index (χ4n) is 0.301. The quantitative estimate of drug-likeness (QED) is 0.516. The maximum absolute atomic E-state index is 11.3. The van der Waals surface area contributed by atoms with Gasteiger partial charge in [-0.3, -0.25) is 0 Å². The topological polar surface area (TPSA) is 0 Å². The molecule has 2 heteroatoms. The van der Waals surface area contributed by atoms with Gasteiger partial charge in [0.2, 0.25) is 0 Å². The van der Waals surface area contributed by atoms with Gasteiger partial charge in [0.1, 0.15) is 6.01 Å². The van der Waals surface area contributed by atoms with E-state index in [1.165, 1.54) is 18.2 Å². The summed E-state index contributed by atoms with van der Waals surface area (Å²) in [5.74, 6) is 0.979. The van der Waals surface area contributed by atoms with Crippen molar-refractivity contribution in [1.82, 2.24) is 0 Å². The van der Waals surface area contributed by atoms with E-state index < -0.39 is 0 Å². The summed E-state index contributed by atoms with van der Waals surface area (Å²) in [7, 11) is 0. The molecule has 0 heterocycles. The maximum atomic E-state index is 11.3. The second-order valence-electron chi connectivity index (χ2n) is 1.37. The summed E-state index contributed by atoms with van der Waals surface area (Å²) >= 11 is 1.37. The highest BCUT2D eigenvalue weighted by Gasteiger charge is 1.81. The lowest BCUT2D eigenvalue weighted by molar-refractivity contribution is 0.605. The van der Waals surface area contributed by atoms with Crippen LogP contribution in [0.4, 0.5) is 4.39 Å². The largest absolute Gasteiger partial charge is 0.239 e. The molecule has 0 saturated carbocycles. The molecule has 0 radical (unpaired) electrons. The Kier molecular flexibility index (Phi) is 6.53. The fraction of sp³-hybridized carbons (Fsp3) is 1.00. The minimum absolute atomic E-state index is 0.222. The average Bonchev–Trinajstić information content (AvgIpc) is 1.69. The summed E-state index contributed by atoms with van der Waals surface area (Å²) in [6, 6.07) is -0.222. The smallest absolute Gasteiger partial charge is 0.135 e. The van der Waals surface area contributed by atoms with Gasteiger partial charge in [-0.25, -0.2) is 4.39 Å². The van der Waals surface area contributed by atoms with Crippen molar-refractivity contribution in [3.63, 3.8) is 0 Å². The highest BCUT2D eigenvalue weighted by molar-refractivity contribution is 7.99. The Morgan fingerprint density at radius 2 is 2.29 bits per heavy atom. The second kappa shape index (κ2) is 6.28. The van der Waals surface area contributed by atoms with Crippen molar-refractivity contribution in [2.24, 2.45) is 0 Å². The zero-order chi connectivity index (χ0) is 5.54. The van der Waals surface area contributed by atoms with Gasteiger partial charge in [-0.15, -0.1) is 11.8 Å². The van der Waals surface area contributed by atoms with Gasteiger partial charge in [0.25, 0.3) is 0 Å². The van der Waals surface area contributed by atoms with Gasteiger partial charge in [-0.05, 0) is 12.2 Å². The molecule has 7 heavy (non-hydrogen) atoms. The van der Waals surface area contributed by atoms with Crippen LogP contribution in [0.1, 0.15) is 19.8 Å². The van der Waals surface area contributed by atoms with E-state index in [0.29, 0.717) is 0 Å². The Hall–Kier alpha value is 0.280. The van der Waals surface area contributed by atoms with Crippen LogP contribution in [-0.4, -0.2) is 11.8 Å². The number of rotatable bonds is 4. The zero-order valence-electron chi connectivity index (χ0n) is 4.61. The van der Waals surface area contributed by atoms with E-state index in [1.54, 1.807) is 0 Å². The molecule has 0 amide bonds. The van der Waals surface area contributed by atoms with Crippen molar-refractivity contribution in [2.45, 2.75) is 19.8 Å². The molecule has 0 nitrogen and oxygen atoms in total. The van der Waals surface area contributed by atoms with Gasteiger partial charge in [0.05, 0.1) is 0 Å². The molecule has 0 aliphatic carbocycles. The van der Waals surface area contributed by atoms with Crippen LogP contribution in [0, 0.1) is 0 Å². The molecule has 0 fully saturated rings. The molecule has 0 unspecified atom stereocenters. The van der Waals surface area contributed by atoms with Gasteiger partial charge < -0.3 is 0 Å². The van der Waals surface area contributed by atoms with Crippen molar-refractivity contribution in [3.8, 4) is 0 Å². The Balaban J connectivity index is 2.45. The minimum Gasteiger partial charge on any atom is -0.239 e. The van der Waals surface area contributed by atoms with Crippen molar-refractivity contribution in [2.75, 3.05) is 11.8 Å². The molecule has 0 bridgehead atoms. The Morgan fingerprint density at radius 1 is 1.57 bits per heavy atom. The van der Waals surface area contributed by atoms with Crippen molar-refractivity contribution < 1.29 is 4.39 Å². The normalized spacial score (nSPS) is 9.43. The number of hydrogen-bond acceptors (Lipinski definition) is 1. The van der Waals surface area contributed by atoms with E-state index in [2.05, 4.69) is 6.92 Å². The summed E-state index contributed by atoms with van der Waals surface area (Å²) < 4.78 is 11.3. The lowest BCUT2D eigenvalue weighted by Gasteiger charge is -1.89. The number of alkyl halides is 1. The maximum Gasteiger partial charge on any atom is 0.135 e. The molecule has 0 aliphatic rings. The molecule has 0 aromatic rings. The highest BCUT2D eigenvalue weighted by Crippen LogP contribution is 2.02. The highest BCUT2D eigenvalue weighted by atomic mass is 32.2. The van der Waals surface area contributed by atoms with E-state index in [4.69, 9.17) is 0 Å². The molecular weight excluding hydrogens is 111 g/mol. The Labute approximate surface area is 48.5 Å². The van der Waals surface area contributed by atoms with Crippen LogP contribution in [0.25, 0.3) is 0 Å². The van der Waals surface area contributed by atoms with Crippen LogP contribution in [-0.2, 0) is 0 Å². The first-order chi connectivity index (χ1) is 3.41. The molecular formula is C5H11FS. The predicted molar refractivity (Wildman–Crippen MR) is 33.3 cm³/mol. The molecule has 0 aromatic carbocycles. The SMILES string of the molecule is CCCCSCF. The third-order valence-corrected chi connectivity index (χ3v) is 1.45. The van der Waals surface area contributed by atoms with Crippen LogP contribution >= 0.6 is 11.8 Å². The molecule has 0 atom stereocenters. The first-order valence-electron chi connectivity index (χ1n) is 2.55. The predicted octanol–water partition coefficient (Wildman–Crippen LogP) is 2.45. The fourth-order valence-corrected chi connectivity index (χ4v) is 0.903. The summed E-state index contributed by atoms with van der Waals surface area (Å²) in [6.45, 7) is 2.11. The first-order valence-corrected chi connectivity index (χ1v) is 3.71. The van der Waals surface area contributed by atoms with Crippen molar-refractivity contribution in [3.05, 3.63) is 0 Å². The van der Waals surface area contributed by atoms with E-state index in [1.807, 2.05) is 0 Å². The van der Waals surface area contributed by atoms with Crippen LogP contribution in [0.2, 0.25) is 0 Å². The second-order valence-corrected chi connectivity index (χ2v) is 2.41. The van der Waals surface area contributed by atoms with Crippen LogP contribution in [0.3, 0.4) is 0 Å².